The molecule has 104 heavy (non-hydrogen) atoms. The second-order valence-corrected chi connectivity index (χ2v) is 38.7. The number of nitrogens with zero attached hydrogens (tertiary/aromatic N) is 6. The van der Waals surface area contributed by atoms with Crippen molar-refractivity contribution in [3.05, 3.63) is 137 Å². The van der Waals surface area contributed by atoms with Crippen LogP contribution in [0, 0.1) is 0 Å². The average molecular weight is 1550 g/mol. The van der Waals surface area contributed by atoms with E-state index >= 15 is 0 Å². The van der Waals surface area contributed by atoms with Gasteiger partial charge in [-0.25, -0.2) is 8.42 Å². The Hall–Kier alpha value is -5.94. The van der Waals surface area contributed by atoms with Crippen LogP contribution in [0.3, 0.4) is 0 Å². The first-order chi connectivity index (χ1) is 49.1. The molecule has 20 nitrogen and oxygen atoms in total. The highest BCUT2D eigenvalue weighted by atomic mass is 32.2. The van der Waals surface area contributed by atoms with Crippen molar-refractivity contribution < 1.29 is 63.8 Å². The molecule has 9 atom stereocenters. The Labute approximate surface area is 634 Å². The van der Waals surface area contributed by atoms with E-state index in [1.807, 2.05) is 60.1 Å². The van der Waals surface area contributed by atoms with Crippen LogP contribution in [0.25, 0.3) is 0 Å². The summed E-state index contributed by atoms with van der Waals surface area (Å²) in [6.45, 7) is 21.8. The highest BCUT2D eigenvalue weighted by Gasteiger charge is 2.53. The number of hydrogen-bond acceptors (Lipinski definition) is 21. The van der Waals surface area contributed by atoms with Crippen molar-refractivity contribution in [2.75, 3.05) is 119 Å². The third-order valence-electron chi connectivity index (χ3n) is 21.5. The number of thioether (sulfide) groups is 1. The lowest BCUT2D eigenvalue weighted by Crippen LogP contribution is -2.52. The predicted molar refractivity (Wildman–Crippen MR) is 418 cm³/mol. The molecule has 0 bridgehead atoms. The normalized spacial score (nSPS) is 22.3. The zero-order chi connectivity index (χ0) is 75.5. The molecule has 0 aliphatic carbocycles. The largest absolute Gasteiger partial charge is 0.493 e. The van der Waals surface area contributed by atoms with Crippen molar-refractivity contribution >= 4 is 83.4 Å². The fourth-order valence-electron chi connectivity index (χ4n) is 15.3. The SMILES string of the molecule is COc1cc2c(cc1OCCOS(C)(=O)=O)C1C(c3cccs3)CC(C(=O)N(C)C(C)(C)C)N1CC2.COc1cc2c(cc1OCCS(C)(=O)=O)C1C(c3cccs3)CC(C(=O)N(C)C(C)(C)C)N1CC2.COc1cc2c(cc1OCCSC)C1C(c3cccs3)CC(C(=O)N(C)C(C)(C)C)N1CC2. The Kier molecular flexibility index (Phi) is 25.8. The summed E-state index contributed by atoms with van der Waals surface area (Å²) in [7, 11) is 3.96. The minimum absolute atomic E-state index is 0.0373. The molecule has 9 unspecified atom stereocenters. The summed E-state index contributed by atoms with van der Waals surface area (Å²) in [6, 6.07) is 24.9. The van der Waals surface area contributed by atoms with Crippen LogP contribution in [0.1, 0.15) is 165 Å². The predicted octanol–water partition coefficient (Wildman–Crippen LogP) is 12.9. The van der Waals surface area contributed by atoms with Gasteiger partial charge in [0.05, 0.1) is 58.1 Å². The van der Waals surface area contributed by atoms with E-state index in [2.05, 4.69) is 148 Å². The van der Waals surface area contributed by atoms with Gasteiger partial charge in [0.2, 0.25) is 17.7 Å². The zero-order valence-corrected chi connectivity index (χ0v) is 68.7. The van der Waals surface area contributed by atoms with Gasteiger partial charge in [-0.3, -0.25) is 33.3 Å². The highest BCUT2D eigenvalue weighted by molar-refractivity contribution is 7.98. The lowest BCUT2D eigenvalue weighted by atomic mass is 9.86. The molecule has 0 radical (unpaired) electrons. The molecule has 3 aromatic carbocycles. The number of ether oxygens (including phenoxy) is 6. The maximum absolute atomic E-state index is 13.7. The van der Waals surface area contributed by atoms with Gasteiger partial charge in [0, 0.05) is 120 Å². The molecule has 12 rings (SSSR count). The summed E-state index contributed by atoms with van der Waals surface area (Å²) >= 11 is 7.03. The summed E-state index contributed by atoms with van der Waals surface area (Å²) in [4.78, 5) is 57.7. The lowest BCUT2D eigenvalue weighted by Gasteiger charge is -2.40. The van der Waals surface area contributed by atoms with Crippen LogP contribution in [-0.4, -0.2) is 218 Å². The van der Waals surface area contributed by atoms with E-state index in [-0.39, 0.29) is 108 Å². The minimum atomic E-state index is -3.54. The molecule has 26 heteroatoms. The van der Waals surface area contributed by atoms with Gasteiger partial charge in [-0.05, 0) is 211 Å². The summed E-state index contributed by atoms with van der Waals surface area (Å²) in [6.07, 6.45) is 9.20. The summed E-state index contributed by atoms with van der Waals surface area (Å²) in [5.74, 6) is 5.97. The fraction of sp³-hybridized carbons (Fsp3) is 0.577. The molecule has 570 valence electrons. The van der Waals surface area contributed by atoms with Gasteiger partial charge >= 0.3 is 0 Å². The van der Waals surface area contributed by atoms with Crippen LogP contribution in [0.15, 0.2) is 88.9 Å². The van der Waals surface area contributed by atoms with Gasteiger partial charge < -0.3 is 43.1 Å². The van der Waals surface area contributed by atoms with E-state index in [4.69, 9.17) is 32.6 Å². The number of carbonyl (C=O) groups is 3. The quantitative estimate of drug-likeness (QED) is 0.0458. The average Bonchev–Trinajstić information content (AvgIpc) is 1.60. The van der Waals surface area contributed by atoms with Crippen molar-refractivity contribution in [3.63, 3.8) is 0 Å². The van der Waals surface area contributed by atoms with Crippen molar-refractivity contribution in [2.24, 2.45) is 0 Å². The Morgan fingerprint density at radius 1 is 0.481 bits per heavy atom. The summed E-state index contributed by atoms with van der Waals surface area (Å²) in [5.41, 5.74) is 6.53. The molecule has 9 heterocycles. The van der Waals surface area contributed by atoms with Crippen molar-refractivity contribution in [1.29, 1.82) is 0 Å². The molecular weight excluding hydrogens is 1440 g/mol. The van der Waals surface area contributed by atoms with Gasteiger partial charge in [0.15, 0.2) is 44.3 Å². The molecule has 0 spiro atoms. The molecule has 6 aliphatic rings. The first-order valence-corrected chi connectivity index (χ1v) is 43.7. The van der Waals surface area contributed by atoms with Gasteiger partial charge in [-0.1, -0.05) is 18.2 Å². The molecule has 3 saturated heterocycles. The Morgan fingerprint density at radius 3 is 1.07 bits per heavy atom. The first-order valence-electron chi connectivity index (χ1n) is 35.8. The number of benzene rings is 3. The van der Waals surface area contributed by atoms with Crippen molar-refractivity contribution in [2.45, 2.75) is 171 Å². The van der Waals surface area contributed by atoms with E-state index in [1.165, 1.54) is 43.1 Å². The molecule has 3 fully saturated rings. The zero-order valence-electron chi connectivity index (χ0n) is 63.8. The van der Waals surface area contributed by atoms with Crippen LogP contribution in [-0.2, 0) is 57.8 Å². The van der Waals surface area contributed by atoms with Crippen LogP contribution >= 0.6 is 45.8 Å². The van der Waals surface area contributed by atoms with E-state index in [0.29, 0.717) is 35.5 Å². The standard InChI is InChI=1S/C26H36N2O6S2.C26H36N2O5S2.C26H36N2O3S2/c1-26(2,3)27(4)25(29)20-15-19(23-8-7-13-35-23)24-18-16-22(33-11-12-34-36(6,30)31)21(32-5)14-17(18)9-10-28(20)24;1-26(2,3)27(4)25(29)20-15-19(23-8-7-12-34-23)24-18-16-22(33-11-13-35(6,30)31)21(32-5)14-17(18)9-10-28(20)24;1-26(2,3)27(4)25(29)20-15-19(23-8-7-12-33-23)24-18-16-22(31-11-13-32-6)21(30-5)14-17(18)9-10-28(20)24/h7-8,13-14,16,19-20,24H,9-12,15H2,1-6H3;7-8,12,14,16,19-20,24H,9-11,13,15H2,1-6H3;7-8,12,14,16,19-20,24H,9-11,13,15H2,1-6H3. The van der Waals surface area contributed by atoms with E-state index in [0.717, 1.165) is 92.8 Å². The number of amides is 3. The first kappa shape index (κ1) is 80.6. The van der Waals surface area contributed by atoms with Gasteiger partial charge in [0.1, 0.15) is 19.8 Å². The molecular formula is C78H108N6O14S6. The van der Waals surface area contributed by atoms with Crippen molar-refractivity contribution in [3.8, 4) is 34.5 Å². The van der Waals surface area contributed by atoms with Gasteiger partial charge in [-0.2, -0.15) is 20.2 Å². The van der Waals surface area contributed by atoms with Crippen molar-refractivity contribution in [1.82, 2.24) is 29.4 Å². The number of likely N-dealkylation sites (N-methyl/N-ethyl adjacent to an activating group) is 3. The minimum Gasteiger partial charge on any atom is -0.493 e. The number of methoxy groups -OCH3 is 3. The Bertz CT molecular complexity index is 4170. The number of fused-ring (bicyclic) bond motifs is 9. The second-order valence-electron chi connectivity index (χ2n) is 30.9. The monoisotopic (exact) mass is 1540 g/mol. The van der Waals surface area contributed by atoms with Crippen LogP contribution in [0.2, 0.25) is 0 Å². The van der Waals surface area contributed by atoms with Crippen LogP contribution < -0.4 is 28.4 Å². The summed E-state index contributed by atoms with van der Waals surface area (Å²) < 4.78 is 85.4. The Morgan fingerprint density at radius 2 is 0.798 bits per heavy atom. The highest BCUT2D eigenvalue weighted by Crippen LogP contribution is 2.56. The topological polar surface area (TPSA) is 204 Å². The van der Waals surface area contributed by atoms with E-state index < -0.39 is 20.0 Å². The maximum atomic E-state index is 13.7. The molecule has 3 amide bonds. The molecule has 0 saturated carbocycles. The number of rotatable bonds is 22. The number of carbonyl (C=O) groups excluding carboxylic acids is 3. The molecule has 6 aliphatic heterocycles. The molecule has 0 N–H and O–H groups in total. The molecule has 3 aromatic heterocycles. The van der Waals surface area contributed by atoms with E-state index in [9.17, 15) is 31.2 Å². The lowest BCUT2D eigenvalue weighted by molar-refractivity contribution is -0.140. The summed E-state index contributed by atoms with van der Waals surface area (Å²) in [5, 5.41) is 6.32. The van der Waals surface area contributed by atoms with Crippen LogP contribution in [0.4, 0.5) is 0 Å². The Balaban J connectivity index is 0.000000168. The van der Waals surface area contributed by atoms with Crippen LogP contribution in [0.5, 0.6) is 34.5 Å². The maximum Gasteiger partial charge on any atom is 0.264 e. The van der Waals surface area contributed by atoms with Gasteiger partial charge in [0.25, 0.3) is 10.1 Å². The van der Waals surface area contributed by atoms with E-state index in [1.54, 1.807) is 67.1 Å². The van der Waals surface area contributed by atoms with Gasteiger partial charge in [-0.15, -0.1) is 34.0 Å². The number of sulfone groups is 1. The third-order valence-corrected chi connectivity index (χ3v) is 26.6. The smallest absolute Gasteiger partial charge is 0.264 e. The number of hydrogen-bond donors (Lipinski definition) is 0. The fourth-order valence-corrected chi connectivity index (χ4v) is 19.0. The molecule has 6 aromatic rings. The second kappa shape index (κ2) is 33.3. The number of thiophene rings is 3. The third kappa shape index (κ3) is 18.3.